The van der Waals surface area contributed by atoms with Gasteiger partial charge in [0.15, 0.2) is 0 Å². The second-order valence-electron chi connectivity index (χ2n) is 3.12. The Bertz CT molecular complexity index is 337. The van der Waals surface area contributed by atoms with Crippen molar-refractivity contribution in [2.75, 3.05) is 6.54 Å². The quantitative estimate of drug-likeness (QED) is 0.759. The molecule has 0 saturated carbocycles. The lowest BCUT2D eigenvalue weighted by Gasteiger charge is -2.28. The van der Waals surface area contributed by atoms with Crippen LogP contribution in [0.1, 0.15) is 18.0 Å². The topological polar surface area (TPSA) is 32.3 Å². The number of rotatable bonds is 1. The molecule has 0 aromatic heterocycles. The van der Waals surface area contributed by atoms with E-state index in [-0.39, 0.29) is 11.8 Å². The third kappa shape index (κ3) is 1.62. The van der Waals surface area contributed by atoms with Crippen molar-refractivity contribution in [3.63, 3.8) is 0 Å². The second-order valence-corrected chi connectivity index (χ2v) is 3.96. The van der Waals surface area contributed by atoms with Gasteiger partial charge in [-0.1, -0.05) is 23.2 Å². The maximum atomic E-state index is 9.63. The minimum Gasteiger partial charge on any atom is -0.506 e. The zero-order valence-corrected chi connectivity index (χ0v) is 8.36. The molecule has 1 saturated heterocycles. The Balaban J connectivity index is 2.42. The first-order valence-corrected chi connectivity index (χ1v) is 4.85. The van der Waals surface area contributed by atoms with Gasteiger partial charge >= 0.3 is 0 Å². The van der Waals surface area contributed by atoms with Crippen molar-refractivity contribution in [2.45, 2.75) is 12.5 Å². The highest BCUT2D eigenvalue weighted by molar-refractivity contribution is 6.35. The Kier molecular flexibility index (Phi) is 2.37. The Labute approximate surface area is 86.5 Å². The number of halogens is 2. The van der Waals surface area contributed by atoms with Crippen LogP contribution in [0.5, 0.6) is 5.75 Å². The first kappa shape index (κ1) is 9.13. The fraction of sp³-hybridized carbons (Fsp3) is 0.333. The van der Waals surface area contributed by atoms with Crippen LogP contribution in [0.3, 0.4) is 0 Å². The minimum atomic E-state index is 0.142. The molecule has 2 N–H and O–H groups in total. The zero-order valence-electron chi connectivity index (χ0n) is 6.85. The molecule has 2 rings (SSSR count). The molecule has 13 heavy (non-hydrogen) atoms. The monoisotopic (exact) mass is 217 g/mol. The zero-order chi connectivity index (χ0) is 9.42. The van der Waals surface area contributed by atoms with E-state index in [0.29, 0.717) is 10.0 Å². The number of benzene rings is 1. The van der Waals surface area contributed by atoms with Gasteiger partial charge in [-0.25, -0.2) is 0 Å². The normalized spacial score (nSPS) is 21.2. The van der Waals surface area contributed by atoms with E-state index in [1.165, 1.54) is 0 Å². The van der Waals surface area contributed by atoms with Crippen LogP contribution in [0.2, 0.25) is 10.0 Å². The van der Waals surface area contributed by atoms with E-state index in [4.69, 9.17) is 23.2 Å². The molecule has 0 bridgehead atoms. The third-order valence-electron chi connectivity index (χ3n) is 2.26. The van der Waals surface area contributed by atoms with E-state index in [1.807, 2.05) is 0 Å². The molecule has 1 aromatic rings. The fourth-order valence-electron chi connectivity index (χ4n) is 1.41. The van der Waals surface area contributed by atoms with E-state index in [1.54, 1.807) is 12.1 Å². The smallest absolute Gasteiger partial charge is 0.139 e. The van der Waals surface area contributed by atoms with E-state index in [0.717, 1.165) is 18.5 Å². The average Bonchev–Trinajstić information content (AvgIpc) is 1.95. The number of hydrogen-bond acceptors (Lipinski definition) is 2. The first-order valence-electron chi connectivity index (χ1n) is 4.10. The van der Waals surface area contributed by atoms with E-state index < -0.39 is 0 Å². The summed E-state index contributed by atoms with van der Waals surface area (Å²) in [5, 5.41) is 13.7. The predicted octanol–water partition coefficient (Wildman–Crippen LogP) is 2.73. The van der Waals surface area contributed by atoms with E-state index in [2.05, 4.69) is 5.32 Å². The number of hydrogen-bond donors (Lipinski definition) is 2. The van der Waals surface area contributed by atoms with E-state index in [9.17, 15) is 5.11 Å². The van der Waals surface area contributed by atoms with E-state index >= 15 is 0 Å². The molecule has 1 fully saturated rings. The highest BCUT2D eigenvalue weighted by Crippen LogP contribution is 2.37. The Morgan fingerprint density at radius 2 is 2.08 bits per heavy atom. The molecule has 0 aliphatic carbocycles. The molecule has 1 heterocycles. The molecule has 0 spiro atoms. The van der Waals surface area contributed by atoms with Gasteiger partial charge in [0.05, 0.1) is 5.02 Å². The molecular weight excluding hydrogens is 209 g/mol. The minimum absolute atomic E-state index is 0.142. The summed E-state index contributed by atoms with van der Waals surface area (Å²) >= 11 is 11.6. The molecule has 0 radical (unpaired) electrons. The summed E-state index contributed by atoms with van der Waals surface area (Å²) in [4.78, 5) is 0. The highest BCUT2D eigenvalue weighted by atomic mass is 35.5. The molecule has 70 valence electrons. The summed E-state index contributed by atoms with van der Waals surface area (Å²) in [6.07, 6.45) is 1.02. The van der Waals surface area contributed by atoms with Gasteiger partial charge in [0.1, 0.15) is 5.75 Å². The second kappa shape index (κ2) is 3.37. The highest BCUT2D eigenvalue weighted by Gasteiger charge is 2.23. The fourth-order valence-corrected chi connectivity index (χ4v) is 1.91. The lowest BCUT2D eigenvalue weighted by molar-refractivity contribution is 0.364. The van der Waals surface area contributed by atoms with Crippen molar-refractivity contribution in [1.29, 1.82) is 0 Å². The van der Waals surface area contributed by atoms with Crippen molar-refractivity contribution in [3.05, 3.63) is 27.7 Å². The van der Waals surface area contributed by atoms with Gasteiger partial charge in [-0.05, 0) is 25.1 Å². The number of phenolic OH excluding ortho intramolecular Hbond substituents is 1. The summed E-state index contributed by atoms with van der Waals surface area (Å²) in [6, 6.07) is 3.50. The van der Waals surface area contributed by atoms with Gasteiger partial charge in [-0.15, -0.1) is 0 Å². The predicted molar refractivity (Wildman–Crippen MR) is 53.5 cm³/mol. The summed E-state index contributed by atoms with van der Waals surface area (Å²) in [6.45, 7) is 0.980. The first-order chi connectivity index (χ1) is 6.18. The Morgan fingerprint density at radius 1 is 1.38 bits per heavy atom. The molecular formula is C9H9Cl2NO. The Morgan fingerprint density at radius 3 is 2.62 bits per heavy atom. The third-order valence-corrected chi connectivity index (χ3v) is 2.76. The summed E-state index contributed by atoms with van der Waals surface area (Å²) in [5.74, 6) is 0.142. The number of aromatic hydroxyl groups is 1. The standard InChI is InChI=1S/C9H9Cl2NO/c10-5-3-6(8-1-2-12-8)9(13)7(11)4-5/h3-4,8,12-13H,1-2H2/t8-/m0/s1. The average molecular weight is 218 g/mol. The summed E-state index contributed by atoms with van der Waals surface area (Å²) in [5.41, 5.74) is 0.795. The molecule has 1 atom stereocenters. The molecule has 4 heteroatoms. The lowest BCUT2D eigenvalue weighted by Crippen LogP contribution is -2.34. The van der Waals surface area contributed by atoms with Gasteiger partial charge in [0.25, 0.3) is 0 Å². The molecule has 2 nitrogen and oxygen atoms in total. The van der Waals surface area contributed by atoms with Gasteiger partial charge in [0, 0.05) is 16.6 Å². The van der Waals surface area contributed by atoms with Crippen LogP contribution in [0.25, 0.3) is 0 Å². The van der Waals surface area contributed by atoms with Crippen LogP contribution in [-0.4, -0.2) is 11.7 Å². The molecule has 1 aliphatic rings. The summed E-state index contributed by atoms with van der Waals surface area (Å²) < 4.78 is 0. The van der Waals surface area contributed by atoms with Crippen LogP contribution in [0, 0.1) is 0 Å². The van der Waals surface area contributed by atoms with Crippen molar-refractivity contribution in [2.24, 2.45) is 0 Å². The van der Waals surface area contributed by atoms with Crippen molar-refractivity contribution >= 4 is 23.2 Å². The SMILES string of the molecule is Oc1c(Cl)cc(Cl)cc1[C@@H]1CCN1. The maximum Gasteiger partial charge on any atom is 0.139 e. The molecule has 0 amide bonds. The molecule has 0 unspecified atom stereocenters. The van der Waals surface area contributed by atoms with Crippen LogP contribution >= 0.6 is 23.2 Å². The van der Waals surface area contributed by atoms with Gasteiger partial charge < -0.3 is 10.4 Å². The van der Waals surface area contributed by atoms with Gasteiger partial charge in [-0.3, -0.25) is 0 Å². The largest absolute Gasteiger partial charge is 0.506 e. The van der Waals surface area contributed by atoms with Crippen LogP contribution in [0.15, 0.2) is 12.1 Å². The molecule has 1 aliphatic heterocycles. The van der Waals surface area contributed by atoms with Crippen molar-refractivity contribution in [3.8, 4) is 5.75 Å². The Hall–Kier alpha value is -0.440. The van der Waals surface area contributed by atoms with Crippen molar-refractivity contribution < 1.29 is 5.11 Å². The van der Waals surface area contributed by atoms with Crippen LogP contribution in [-0.2, 0) is 0 Å². The van der Waals surface area contributed by atoms with Gasteiger partial charge in [-0.2, -0.15) is 0 Å². The van der Waals surface area contributed by atoms with Crippen LogP contribution < -0.4 is 5.32 Å². The van der Waals surface area contributed by atoms with Crippen molar-refractivity contribution in [1.82, 2.24) is 5.32 Å². The number of nitrogens with one attached hydrogen (secondary N) is 1. The molecule has 1 aromatic carbocycles. The van der Waals surface area contributed by atoms with Gasteiger partial charge in [0.2, 0.25) is 0 Å². The maximum absolute atomic E-state index is 9.63. The lowest BCUT2D eigenvalue weighted by atomic mass is 9.97. The number of phenols is 1. The van der Waals surface area contributed by atoms with Crippen LogP contribution in [0.4, 0.5) is 0 Å². The summed E-state index contributed by atoms with van der Waals surface area (Å²) in [7, 11) is 0.